The van der Waals surface area contributed by atoms with Gasteiger partial charge in [-0.1, -0.05) is 13.3 Å². The zero-order chi connectivity index (χ0) is 19.5. The predicted molar refractivity (Wildman–Crippen MR) is 94.4 cm³/mol. The van der Waals surface area contributed by atoms with Crippen LogP contribution in [0.3, 0.4) is 0 Å². The molecule has 0 aliphatic carbocycles. The monoisotopic (exact) mass is 379 g/mol. The number of sulfonamides is 1. The Hall–Kier alpha value is -2.68. The van der Waals surface area contributed by atoms with Crippen LogP contribution in [0.15, 0.2) is 29.2 Å². The zero-order valence-corrected chi connectivity index (χ0v) is 15.9. The number of rotatable bonds is 6. The largest absolute Gasteiger partial charge is 0.465 e. The number of aromatic nitrogens is 2. The molecule has 0 saturated heterocycles. The van der Waals surface area contributed by atoms with Crippen LogP contribution in [0.5, 0.6) is 0 Å². The van der Waals surface area contributed by atoms with Crippen LogP contribution in [-0.4, -0.2) is 37.2 Å². The number of hydrogen-bond acceptors (Lipinski definition) is 6. The molecule has 1 aromatic carbocycles. The van der Waals surface area contributed by atoms with Gasteiger partial charge in [-0.2, -0.15) is 5.10 Å². The topological polar surface area (TPSA) is 107 Å². The van der Waals surface area contributed by atoms with Crippen molar-refractivity contribution in [3.63, 3.8) is 0 Å². The van der Waals surface area contributed by atoms with Crippen LogP contribution in [0, 0.1) is 6.92 Å². The van der Waals surface area contributed by atoms with E-state index in [1.807, 2.05) is 11.6 Å². The molecule has 0 fully saturated rings. The van der Waals surface area contributed by atoms with Gasteiger partial charge in [0.25, 0.3) is 15.9 Å². The van der Waals surface area contributed by atoms with Crippen molar-refractivity contribution in [2.24, 2.45) is 7.05 Å². The van der Waals surface area contributed by atoms with E-state index in [1.54, 1.807) is 13.1 Å². The molecule has 2 rings (SSSR count). The summed E-state index contributed by atoms with van der Waals surface area (Å²) in [5.74, 6) is -1.33. The second-order valence-electron chi connectivity index (χ2n) is 5.80. The highest BCUT2D eigenvalue weighted by atomic mass is 32.2. The van der Waals surface area contributed by atoms with Gasteiger partial charge >= 0.3 is 5.97 Å². The van der Waals surface area contributed by atoms with Crippen LogP contribution >= 0.6 is 0 Å². The summed E-state index contributed by atoms with van der Waals surface area (Å²) in [6.07, 6.45) is 1.56. The first kappa shape index (κ1) is 19.6. The summed E-state index contributed by atoms with van der Waals surface area (Å²) in [7, 11) is -1.28. The van der Waals surface area contributed by atoms with Crippen molar-refractivity contribution in [1.82, 2.24) is 14.5 Å². The van der Waals surface area contributed by atoms with Crippen molar-refractivity contribution in [2.75, 3.05) is 7.11 Å². The third-order valence-corrected chi connectivity index (χ3v) is 5.27. The zero-order valence-electron chi connectivity index (χ0n) is 15.1. The molecule has 0 aliphatic rings. The fourth-order valence-corrected chi connectivity index (χ4v) is 3.73. The van der Waals surface area contributed by atoms with Crippen molar-refractivity contribution >= 4 is 21.9 Å². The van der Waals surface area contributed by atoms with Crippen molar-refractivity contribution in [3.8, 4) is 0 Å². The summed E-state index contributed by atoms with van der Waals surface area (Å²) in [5.41, 5.74) is 1.42. The highest BCUT2D eigenvalue weighted by Gasteiger charge is 2.23. The van der Waals surface area contributed by atoms with Gasteiger partial charge in [0.1, 0.15) is 5.69 Å². The van der Waals surface area contributed by atoms with Gasteiger partial charge in [-0.3, -0.25) is 9.48 Å². The van der Waals surface area contributed by atoms with Crippen molar-refractivity contribution in [1.29, 1.82) is 0 Å². The number of amides is 1. The van der Waals surface area contributed by atoms with E-state index in [9.17, 15) is 18.0 Å². The maximum atomic E-state index is 12.6. The molecule has 0 saturated carbocycles. The molecule has 1 heterocycles. The van der Waals surface area contributed by atoms with Crippen LogP contribution < -0.4 is 4.72 Å². The lowest BCUT2D eigenvalue weighted by Gasteiger charge is -2.10. The summed E-state index contributed by atoms with van der Waals surface area (Å²) >= 11 is 0. The molecule has 2 aromatic rings. The summed E-state index contributed by atoms with van der Waals surface area (Å²) < 4.78 is 33.1. The summed E-state index contributed by atoms with van der Waals surface area (Å²) in [6.45, 7) is 3.52. The van der Waals surface area contributed by atoms with Gasteiger partial charge in [-0.25, -0.2) is 17.9 Å². The first-order valence-electron chi connectivity index (χ1n) is 7.98. The summed E-state index contributed by atoms with van der Waals surface area (Å²) in [5, 5.41) is 4.19. The van der Waals surface area contributed by atoms with Gasteiger partial charge in [0.15, 0.2) is 0 Å². The average molecular weight is 379 g/mol. The van der Waals surface area contributed by atoms with Crippen molar-refractivity contribution in [3.05, 3.63) is 46.8 Å². The van der Waals surface area contributed by atoms with E-state index in [4.69, 9.17) is 0 Å². The first-order valence-corrected chi connectivity index (χ1v) is 9.47. The van der Waals surface area contributed by atoms with Crippen LogP contribution in [-0.2, 0) is 28.2 Å². The highest BCUT2D eigenvalue weighted by molar-refractivity contribution is 7.90. The fourth-order valence-electron chi connectivity index (χ4n) is 2.54. The second-order valence-corrected chi connectivity index (χ2v) is 7.45. The van der Waals surface area contributed by atoms with Gasteiger partial charge in [-0.05, 0) is 43.2 Å². The van der Waals surface area contributed by atoms with Crippen LogP contribution in [0.25, 0.3) is 0 Å². The summed E-state index contributed by atoms with van der Waals surface area (Å²) in [6, 6.07) is 5.57. The number of benzene rings is 1. The molecule has 0 radical (unpaired) electrons. The van der Waals surface area contributed by atoms with E-state index in [2.05, 4.69) is 9.84 Å². The third-order valence-electron chi connectivity index (χ3n) is 3.78. The molecular weight excluding hydrogens is 358 g/mol. The Morgan fingerprint density at radius 1 is 1.27 bits per heavy atom. The Labute approximate surface area is 152 Å². The normalized spacial score (nSPS) is 11.2. The molecule has 140 valence electrons. The molecule has 0 atom stereocenters. The number of aryl methyl sites for hydroxylation is 3. The Bertz CT molecular complexity index is 947. The van der Waals surface area contributed by atoms with E-state index in [0.29, 0.717) is 12.0 Å². The second kappa shape index (κ2) is 7.69. The standard InChI is InChI=1S/C17H21N3O5S/c1-5-6-13-10-14(20(3)18-13)16(21)19-26(23,24)15-8-7-12(9-11(15)2)17(22)25-4/h7-10H,5-6H2,1-4H3,(H,19,21). The smallest absolute Gasteiger partial charge is 0.337 e. The molecule has 1 N–H and O–H groups in total. The minimum absolute atomic E-state index is 0.0885. The molecule has 1 aromatic heterocycles. The molecule has 1 amide bonds. The summed E-state index contributed by atoms with van der Waals surface area (Å²) in [4.78, 5) is 23.8. The number of hydrogen-bond donors (Lipinski definition) is 1. The Balaban J connectivity index is 2.28. The molecule has 8 nitrogen and oxygen atoms in total. The number of nitrogens with one attached hydrogen (secondary N) is 1. The van der Waals surface area contributed by atoms with Gasteiger partial charge in [0.2, 0.25) is 0 Å². The predicted octanol–water partition coefficient (Wildman–Crippen LogP) is 1.59. The SMILES string of the molecule is CCCc1cc(C(=O)NS(=O)(=O)c2ccc(C(=O)OC)cc2C)n(C)n1. The molecule has 0 unspecified atom stereocenters. The lowest BCUT2D eigenvalue weighted by Crippen LogP contribution is -2.32. The van der Waals surface area contributed by atoms with Crippen molar-refractivity contribution in [2.45, 2.75) is 31.6 Å². The number of carbonyl (C=O) groups excluding carboxylic acids is 2. The van der Waals surface area contributed by atoms with Gasteiger partial charge in [0, 0.05) is 7.05 Å². The maximum absolute atomic E-state index is 12.6. The number of esters is 1. The van der Waals surface area contributed by atoms with Crippen LogP contribution in [0.4, 0.5) is 0 Å². The number of methoxy groups -OCH3 is 1. The van der Waals surface area contributed by atoms with Gasteiger partial charge < -0.3 is 4.74 Å². The minimum atomic E-state index is -4.10. The molecule has 9 heteroatoms. The first-order chi connectivity index (χ1) is 12.2. The average Bonchev–Trinajstić information content (AvgIpc) is 2.94. The highest BCUT2D eigenvalue weighted by Crippen LogP contribution is 2.18. The van der Waals surface area contributed by atoms with Crippen molar-refractivity contribution < 1.29 is 22.7 Å². The quantitative estimate of drug-likeness (QED) is 0.764. The number of carbonyl (C=O) groups is 2. The molecule has 0 bridgehead atoms. The Kier molecular flexibility index (Phi) is 5.81. The van der Waals surface area contributed by atoms with E-state index < -0.39 is 21.9 Å². The lowest BCUT2D eigenvalue weighted by molar-refractivity contribution is 0.0600. The van der Waals surface area contributed by atoms with E-state index in [-0.39, 0.29) is 16.2 Å². The molecular formula is C17H21N3O5S. The Morgan fingerprint density at radius 3 is 2.54 bits per heavy atom. The Morgan fingerprint density at radius 2 is 1.96 bits per heavy atom. The van der Waals surface area contributed by atoms with Gasteiger partial charge in [0.05, 0.1) is 23.3 Å². The number of ether oxygens (including phenoxy) is 1. The molecule has 0 aliphatic heterocycles. The minimum Gasteiger partial charge on any atom is -0.465 e. The number of nitrogens with zero attached hydrogens (tertiary/aromatic N) is 2. The van der Waals surface area contributed by atoms with Crippen LogP contribution in [0.1, 0.15) is 45.4 Å². The fraction of sp³-hybridized carbons (Fsp3) is 0.353. The van der Waals surface area contributed by atoms with E-state index in [1.165, 1.54) is 36.9 Å². The van der Waals surface area contributed by atoms with Crippen LogP contribution in [0.2, 0.25) is 0 Å². The molecule has 0 spiro atoms. The van der Waals surface area contributed by atoms with Gasteiger partial charge in [-0.15, -0.1) is 0 Å². The lowest BCUT2D eigenvalue weighted by atomic mass is 10.1. The van der Waals surface area contributed by atoms with E-state index in [0.717, 1.165) is 12.1 Å². The van der Waals surface area contributed by atoms with E-state index >= 15 is 0 Å². The third kappa shape index (κ3) is 4.10. The molecule has 26 heavy (non-hydrogen) atoms. The maximum Gasteiger partial charge on any atom is 0.337 e.